The van der Waals surface area contributed by atoms with Crippen molar-refractivity contribution in [3.63, 3.8) is 0 Å². The molecule has 0 aliphatic carbocycles. The van der Waals surface area contributed by atoms with E-state index in [-0.39, 0.29) is 23.1 Å². The van der Waals surface area contributed by atoms with Gasteiger partial charge in [0.1, 0.15) is 22.9 Å². The summed E-state index contributed by atoms with van der Waals surface area (Å²) in [5.74, 6) is -0.463. The Hall–Kier alpha value is -3.04. The first-order valence-corrected chi connectivity index (χ1v) is 11.5. The molecule has 2 N–H and O–H groups in total. The maximum atomic E-state index is 14.0. The second kappa shape index (κ2) is 11.2. The first kappa shape index (κ1) is 24.6. The van der Waals surface area contributed by atoms with Crippen molar-refractivity contribution in [2.75, 3.05) is 24.9 Å². The summed E-state index contributed by atoms with van der Waals surface area (Å²) in [7, 11) is 2.96. The van der Waals surface area contributed by atoms with E-state index >= 15 is 0 Å². The van der Waals surface area contributed by atoms with Gasteiger partial charge in [0.2, 0.25) is 5.91 Å². The van der Waals surface area contributed by atoms with Crippen molar-refractivity contribution in [1.82, 2.24) is 0 Å². The highest BCUT2D eigenvalue weighted by Crippen LogP contribution is 2.31. The number of halogens is 2. The third kappa shape index (κ3) is 6.27. The van der Waals surface area contributed by atoms with Gasteiger partial charge in [0.15, 0.2) is 0 Å². The van der Waals surface area contributed by atoms with E-state index in [1.807, 2.05) is 6.07 Å². The molecule has 0 heterocycles. The fraction of sp³-hybridized carbons (Fsp3) is 0.167. The Bertz CT molecular complexity index is 1150. The van der Waals surface area contributed by atoms with Gasteiger partial charge in [-0.15, -0.1) is 11.8 Å². The molecule has 9 heteroatoms. The van der Waals surface area contributed by atoms with E-state index in [4.69, 9.17) is 9.47 Å². The second-order valence-corrected chi connectivity index (χ2v) is 9.22. The molecule has 6 nitrogen and oxygen atoms in total. The van der Waals surface area contributed by atoms with Crippen LogP contribution in [0.3, 0.4) is 0 Å². The molecule has 3 aromatic carbocycles. The fourth-order valence-corrected chi connectivity index (χ4v) is 4.26. The van der Waals surface area contributed by atoms with E-state index in [9.17, 15) is 14.0 Å². The molecule has 1 unspecified atom stereocenters. The molecular formula is C24H22BrFN2O4S. The number of thioether (sulfide) groups is 1. The molecule has 172 valence electrons. The Balaban J connectivity index is 1.70. The Kier molecular flexibility index (Phi) is 8.35. The molecule has 0 saturated heterocycles. The molecule has 0 radical (unpaired) electrons. The van der Waals surface area contributed by atoms with Crippen LogP contribution < -0.4 is 20.1 Å². The van der Waals surface area contributed by atoms with Crippen LogP contribution in [0.5, 0.6) is 11.5 Å². The standard InChI is InChI=1S/C24H22BrFN2O4S/c1-14(23(29)28-19-11-10-15(25)12-18(19)26)33-17-7-4-6-16(13-17)27-24(30)22-20(31-2)8-5-9-21(22)32-3/h4-14H,1-3H3,(H,27,30)(H,28,29). The second-order valence-electron chi connectivity index (χ2n) is 6.89. The van der Waals surface area contributed by atoms with Crippen LogP contribution in [0.1, 0.15) is 17.3 Å². The highest BCUT2D eigenvalue weighted by Gasteiger charge is 2.19. The number of rotatable bonds is 8. The topological polar surface area (TPSA) is 76.7 Å². The first-order chi connectivity index (χ1) is 15.8. The van der Waals surface area contributed by atoms with E-state index in [2.05, 4.69) is 26.6 Å². The molecule has 33 heavy (non-hydrogen) atoms. The van der Waals surface area contributed by atoms with E-state index in [0.717, 1.165) is 4.90 Å². The summed E-state index contributed by atoms with van der Waals surface area (Å²) in [4.78, 5) is 26.2. The average molecular weight is 533 g/mol. The maximum Gasteiger partial charge on any atom is 0.263 e. The van der Waals surface area contributed by atoms with Crippen LogP contribution in [0.15, 0.2) is 70.0 Å². The SMILES string of the molecule is COc1cccc(OC)c1C(=O)Nc1cccc(SC(C)C(=O)Nc2ccc(Br)cc2F)c1. The fourth-order valence-electron chi connectivity index (χ4n) is 3.00. The monoisotopic (exact) mass is 532 g/mol. The Labute approximate surface area is 204 Å². The van der Waals surface area contributed by atoms with Crippen LogP contribution >= 0.6 is 27.7 Å². The molecule has 1 atom stereocenters. The molecule has 3 aromatic rings. The molecule has 2 amide bonds. The lowest BCUT2D eigenvalue weighted by molar-refractivity contribution is -0.115. The van der Waals surface area contributed by atoms with Crippen molar-refractivity contribution in [2.24, 2.45) is 0 Å². The summed E-state index contributed by atoms with van der Waals surface area (Å²) < 4.78 is 25.2. The predicted octanol–water partition coefficient (Wildman–Crippen LogP) is 5.98. The largest absolute Gasteiger partial charge is 0.496 e. The van der Waals surface area contributed by atoms with Gasteiger partial charge in [-0.1, -0.05) is 28.1 Å². The van der Waals surface area contributed by atoms with Crippen LogP contribution in [0.2, 0.25) is 0 Å². The van der Waals surface area contributed by atoms with Crippen molar-refractivity contribution in [3.05, 3.63) is 76.5 Å². The number of methoxy groups -OCH3 is 2. The molecule has 0 saturated carbocycles. The lowest BCUT2D eigenvalue weighted by Gasteiger charge is -2.15. The van der Waals surface area contributed by atoms with Gasteiger partial charge in [-0.2, -0.15) is 0 Å². The van der Waals surface area contributed by atoms with Crippen LogP contribution in [0, 0.1) is 5.82 Å². The van der Waals surface area contributed by atoms with Crippen molar-refractivity contribution in [1.29, 1.82) is 0 Å². The molecular weight excluding hydrogens is 511 g/mol. The van der Waals surface area contributed by atoms with Gasteiger partial charge in [0.05, 0.1) is 25.2 Å². The number of benzene rings is 3. The van der Waals surface area contributed by atoms with Crippen molar-refractivity contribution < 1.29 is 23.5 Å². The highest BCUT2D eigenvalue weighted by molar-refractivity contribution is 9.10. The van der Waals surface area contributed by atoms with Crippen LogP contribution in [0.25, 0.3) is 0 Å². The molecule has 0 spiro atoms. The number of carbonyl (C=O) groups excluding carboxylic acids is 2. The summed E-state index contributed by atoms with van der Waals surface area (Å²) in [6.45, 7) is 1.72. The number of carbonyl (C=O) groups is 2. The molecule has 3 rings (SSSR count). The predicted molar refractivity (Wildman–Crippen MR) is 132 cm³/mol. The van der Waals surface area contributed by atoms with Crippen molar-refractivity contribution in [2.45, 2.75) is 17.1 Å². The number of hydrogen-bond donors (Lipinski definition) is 2. The van der Waals surface area contributed by atoms with Crippen molar-refractivity contribution in [3.8, 4) is 11.5 Å². The average Bonchev–Trinajstić information content (AvgIpc) is 2.80. The minimum Gasteiger partial charge on any atom is -0.496 e. The quantitative estimate of drug-likeness (QED) is 0.349. The van der Waals surface area contributed by atoms with Crippen LogP contribution in [-0.4, -0.2) is 31.3 Å². The Morgan fingerprint density at radius 1 is 0.970 bits per heavy atom. The number of amides is 2. The zero-order valence-electron chi connectivity index (χ0n) is 18.1. The molecule has 0 bridgehead atoms. The summed E-state index contributed by atoms with van der Waals surface area (Å²) in [6.07, 6.45) is 0. The lowest BCUT2D eigenvalue weighted by atomic mass is 10.1. The first-order valence-electron chi connectivity index (χ1n) is 9.87. The van der Waals surface area contributed by atoms with E-state index in [1.54, 1.807) is 49.4 Å². The van der Waals surface area contributed by atoms with Crippen LogP contribution in [0.4, 0.5) is 15.8 Å². The molecule has 0 aromatic heterocycles. The minimum atomic E-state index is -0.522. The van der Waals surface area contributed by atoms with Gasteiger partial charge >= 0.3 is 0 Å². The van der Waals surface area contributed by atoms with E-state index in [1.165, 1.54) is 38.1 Å². The molecule has 0 aliphatic heterocycles. The molecule has 0 aliphatic rings. The van der Waals surface area contributed by atoms with Gasteiger partial charge in [0.25, 0.3) is 5.91 Å². The summed E-state index contributed by atoms with van der Waals surface area (Å²) in [5, 5.41) is 4.93. The smallest absolute Gasteiger partial charge is 0.263 e. The minimum absolute atomic E-state index is 0.113. The van der Waals surface area contributed by atoms with Gasteiger partial charge in [-0.25, -0.2) is 4.39 Å². The van der Waals surface area contributed by atoms with Gasteiger partial charge in [-0.05, 0) is 55.5 Å². The third-order valence-electron chi connectivity index (χ3n) is 4.62. The number of anilines is 2. The summed E-state index contributed by atoms with van der Waals surface area (Å²) in [5.41, 5.74) is 0.941. The Morgan fingerprint density at radius 2 is 1.64 bits per heavy atom. The van der Waals surface area contributed by atoms with Crippen molar-refractivity contribution >= 4 is 50.9 Å². The number of ether oxygens (including phenoxy) is 2. The maximum absolute atomic E-state index is 14.0. The zero-order valence-corrected chi connectivity index (χ0v) is 20.6. The summed E-state index contributed by atoms with van der Waals surface area (Å²) >= 11 is 4.48. The third-order valence-corrected chi connectivity index (χ3v) is 6.20. The van der Waals surface area contributed by atoms with Gasteiger partial charge in [-0.3, -0.25) is 9.59 Å². The van der Waals surface area contributed by atoms with Gasteiger partial charge in [0, 0.05) is 15.1 Å². The van der Waals surface area contributed by atoms with Crippen LogP contribution in [-0.2, 0) is 4.79 Å². The molecule has 0 fully saturated rings. The zero-order chi connectivity index (χ0) is 24.0. The van der Waals surface area contributed by atoms with E-state index < -0.39 is 11.1 Å². The number of hydrogen-bond acceptors (Lipinski definition) is 5. The normalized spacial score (nSPS) is 11.4. The van der Waals surface area contributed by atoms with E-state index in [0.29, 0.717) is 21.7 Å². The Morgan fingerprint density at radius 3 is 2.27 bits per heavy atom. The summed E-state index contributed by atoms with van der Waals surface area (Å²) in [6, 6.07) is 16.6. The highest BCUT2D eigenvalue weighted by atomic mass is 79.9. The lowest BCUT2D eigenvalue weighted by Crippen LogP contribution is -2.23. The van der Waals surface area contributed by atoms with Gasteiger partial charge < -0.3 is 20.1 Å². The number of nitrogens with one attached hydrogen (secondary N) is 2.